The topological polar surface area (TPSA) is 80.4 Å². The first-order chi connectivity index (χ1) is 9.54. The van der Waals surface area contributed by atoms with Crippen molar-refractivity contribution in [2.24, 2.45) is 11.8 Å². The lowest BCUT2D eigenvalue weighted by atomic mass is 9.75. The Balaban J connectivity index is 2.28. The highest BCUT2D eigenvalue weighted by molar-refractivity contribution is 5.82. The molecular weight excluding hydrogens is 258 g/mol. The number of aliphatic hydroxyl groups is 1. The van der Waals surface area contributed by atoms with Gasteiger partial charge >= 0.3 is 0 Å². The Kier molecular flexibility index (Phi) is 4.49. The van der Waals surface area contributed by atoms with E-state index in [9.17, 15) is 20.0 Å². The molecule has 0 spiro atoms. The van der Waals surface area contributed by atoms with Crippen LogP contribution in [-0.2, 0) is 4.79 Å². The van der Waals surface area contributed by atoms with Crippen LogP contribution >= 0.6 is 0 Å². The van der Waals surface area contributed by atoms with Gasteiger partial charge in [0.1, 0.15) is 5.78 Å². The Morgan fingerprint density at radius 3 is 2.80 bits per heavy atom. The Labute approximate surface area is 117 Å². The van der Waals surface area contributed by atoms with Crippen LogP contribution in [0.3, 0.4) is 0 Å². The monoisotopic (exact) mass is 277 g/mol. The van der Waals surface area contributed by atoms with Gasteiger partial charge in [-0.1, -0.05) is 25.5 Å². The molecule has 0 radical (unpaired) electrons. The number of carbonyl (C=O) groups is 1. The third kappa shape index (κ3) is 2.88. The summed E-state index contributed by atoms with van der Waals surface area (Å²) in [7, 11) is 0. The van der Waals surface area contributed by atoms with Crippen molar-refractivity contribution in [2.45, 2.75) is 38.7 Å². The van der Waals surface area contributed by atoms with Gasteiger partial charge in [-0.25, -0.2) is 0 Å². The lowest BCUT2D eigenvalue weighted by Crippen LogP contribution is -2.30. The molecule has 5 heteroatoms. The van der Waals surface area contributed by atoms with E-state index in [1.165, 1.54) is 12.1 Å². The lowest BCUT2D eigenvalue weighted by molar-refractivity contribution is -0.386. The van der Waals surface area contributed by atoms with Crippen molar-refractivity contribution in [1.82, 2.24) is 0 Å². The zero-order valence-electron chi connectivity index (χ0n) is 11.5. The number of hydrogen-bond donors (Lipinski definition) is 1. The maximum Gasteiger partial charge on any atom is 0.275 e. The van der Waals surface area contributed by atoms with E-state index in [4.69, 9.17) is 0 Å². The molecule has 1 fully saturated rings. The highest BCUT2D eigenvalue weighted by Crippen LogP contribution is 2.38. The van der Waals surface area contributed by atoms with Crippen LogP contribution in [0.5, 0.6) is 0 Å². The Bertz CT molecular complexity index is 514. The van der Waals surface area contributed by atoms with Crippen molar-refractivity contribution in [1.29, 1.82) is 0 Å². The molecule has 2 rings (SSSR count). The summed E-state index contributed by atoms with van der Waals surface area (Å²) in [6.07, 6.45) is 1.81. The molecule has 20 heavy (non-hydrogen) atoms. The molecule has 0 aliphatic heterocycles. The fourth-order valence-corrected chi connectivity index (χ4v) is 2.94. The van der Waals surface area contributed by atoms with Crippen molar-refractivity contribution < 1.29 is 14.8 Å². The van der Waals surface area contributed by atoms with Gasteiger partial charge in [0.2, 0.25) is 0 Å². The number of carbonyl (C=O) groups excluding carboxylic acids is 1. The second-order valence-electron chi connectivity index (χ2n) is 5.38. The van der Waals surface area contributed by atoms with E-state index in [1.54, 1.807) is 12.1 Å². The fourth-order valence-electron chi connectivity index (χ4n) is 2.94. The van der Waals surface area contributed by atoms with Gasteiger partial charge in [-0.2, -0.15) is 0 Å². The highest BCUT2D eigenvalue weighted by atomic mass is 16.6. The maximum absolute atomic E-state index is 12.0. The zero-order valence-corrected chi connectivity index (χ0v) is 11.5. The van der Waals surface area contributed by atoms with Gasteiger partial charge in [0, 0.05) is 18.4 Å². The molecule has 1 aromatic rings. The van der Waals surface area contributed by atoms with Gasteiger partial charge in [0.15, 0.2) is 0 Å². The Morgan fingerprint density at radius 1 is 1.45 bits per heavy atom. The van der Waals surface area contributed by atoms with E-state index in [-0.39, 0.29) is 17.0 Å². The van der Waals surface area contributed by atoms with Crippen LogP contribution in [0.15, 0.2) is 24.3 Å². The molecule has 3 atom stereocenters. The molecule has 1 aromatic carbocycles. The molecule has 1 aliphatic rings. The van der Waals surface area contributed by atoms with Crippen molar-refractivity contribution in [3.8, 4) is 0 Å². The number of nitro benzene ring substituents is 1. The van der Waals surface area contributed by atoms with Gasteiger partial charge in [-0.3, -0.25) is 14.9 Å². The van der Waals surface area contributed by atoms with E-state index in [1.807, 2.05) is 0 Å². The van der Waals surface area contributed by atoms with Crippen molar-refractivity contribution >= 4 is 11.5 Å². The second-order valence-corrected chi connectivity index (χ2v) is 5.38. The van der Waals surface area contributed by atoms with Crippen LogP contribution in [0, 0.1) is 22.0 Å². The summed E-state index contributed by atoms with van der Waals surface area (Å²) >= 11 is 0. The summed E-state index contributed by atoms with van der Waals surface area (Å²) in [5.74, 6) is -0.0923. The van der Waals surface area contributed by atoms with Gasteiger partial charge in [-0.05, 0) is 24.8 Å². The second kappa shape index (κ2) is 6.13. The van der Waals surface area contributed by atoms with Crippen LogP contribution in [-0.4, -0.2) is 15.8 Å². The third-order valence-electron chi connectivity index (χ3n) is 4.21. The van der Waals surface area contributed by atoms with Crippen LogP contribution in [0.2, 0.25) is 0 Å². The first kappa shape index (κ1) is 14.7. The summed E-state index contributed by atoms with van der Waals surface area (Å²) < 4.78 is 0. The average molecular weight is 277 g/mol. The van der Waals surface area contributed by atoms with Gasteiger partial charge in [0.25, 0.3) is 5.69 Å². The summed E-state index contributed by atoms with van der Waals surface area (Å²) in [5.41, 5.74) is 0.124. The number of nitrogens with zero attached hydrogens (tertiary/aromatic N) is 1. The number of hydrogen-bond acceptors (Lipinski definition) is 4. The van der Waals surface area contributed by atoms with Crippen molar-refractivity contribution in [3.05, 3.63) is 39.9 Å². The molecule has 0 unspecified atom stereocenters. The first-order valence-electron chi connectivity index (χ1n) is 6.98. The summed E-state index contributed by atoms with van der Waals surface area (Å²) in [4.78, 5) is 22.5. The number of Topliss-reactive ketones (excluding diaryl/α,β-unsaturated/α-hetero) is 1. The Hall–Kier alpha value is -1.75. The predicted molar refractivity (Wildman–Crippen MR) is 74.2 cm³/mol. The van der Waals surface area contributed by atoms with E-state index < -0.39 is 16.9 Å². The number of ketones is 1. The molecule has 0 bridgehead atoms. The van der Waals surface area contributed by atoms with Crippen LogP contribution in [0.25, 0.3) is 0 Å². The predicted octanol–water partition coefficient (Wildman–Crippen LogP) is 3.02. The lowest BCUT2D eigenvalue weighted by Gasteiger charge is -2.30. The van der Waals surface area contributed by atoms with Crippen LogP contribution in [0.4, 0.5) is 5.69 Å². The number of nitro groups is 1. The minimum atomic E-state index is -1.08. The highest BCUT2D eigenvalue weighted by Gasteiger charge is 2.36. The molecule has 1 saturated carbocycles. The van der Waals surface area contributed by atoms with E-state index in [0.717, 1.165) is 12.8 Å². The molecule has 108 valence electrons. The molecule has 0 saturated heterocycles. The van der Waals surface area contributed by atoms with Gasteiger partial charge < -0.3 is 5.11 Å². The van der Waals surface area contributed by atoms with E-state index in [0.29, 0.717) is 18.8 Å². The standard InChI is InChI=1S/C15H19NO4/c1-2-10-7-8-14(17)12(9-10)15(18)11-5-3-4-6-13(11)16(19)20/h3-6,10,12,15,18H,2,7-9H2,1H3/t10-,12+,15-/m0/s1. The SMILES string of the molecule is CC[C@H]1CCC(=O)[C@H]([C@@H](O)c2ccccc2[N+](=O)[O-])C1. The molecular formula is C15H19NO4. The summed E-state index contributed by atoms with van der Waals surface area (Å²) in [6, 6.07) is 6.11. The van der Waals surface area contributed by atoms with Gasteiger partial charge in [-0.15, -0.1) is 0 Å². The van der Waals surface area contributed by atoms with E-state index >= 15 is 0 Å². The molecule has 0 heterocycles. The molecule has 5 nitrogen and oxygen atoms in total. The smallest absolute Gasteiger partial charge is 0.275 e. The quantitative estimate of drug-likeness (QED) is 0.677. The third-order valence-corrected chi connectivity index (χ3v) is 4.21. The van der Waals surface area contributed by atoms with Crippen molar-refractivity contribution in [3.63, 3.8) is 0 Å². The van der Waals surface area contributed by atoms with Gasteiger partial charge in [0.05, 0.1) is 16.6 Å². The van der Waals surface area contributed by atoms with Crippen LogP contribution in [0.1, 0.15) is 44.3 Å². The first-order valence-corrected chi connectivity index (χ1v) is 6.98. The largest absolute Gasteiger partial charge is 0.387 e. The average Bonchev–Trinajstić information content (AvgIpc) is 2.47. The van der Waals surface area contributed by atoms with Crippen molar-refractivity contribution in [2.75, 3.05) is 0 Å². The fraction of sp³-hybridized carbons (Fsp3) is 0.533. The Morgan fingerprint density at radius 2 is 2.15 bits per heavy atom. The molecule has 0 aromatic heterocycles. The van der Waals surface area contributed by atoms with Crippen LogP contribution < -0.4 is 0 Å². The summed E-state index contributed by atoms with van der Waals surface area (Å²) in [5, 5.41) is 21.5. The maximum atomic E-state index is 12.0. The zero-order chi connectivity index (χ0) is 14.7. The number of rotatable bonds is 4. The number of benzene rings is 1. The summed E-state index contributed by atoms with van der Waals surface area (Å²) in [6.45, 7) is 2.06. The number of para-hydroxylation sites is 1. The molecule has 1 N–H and O–H groups in total. The molecule has 1 aliphatic carbocycles. The number of aliphatic hydroxyl groups excluding tert-OH is 1. The minimum absolute atomic E-state index is 0.0142. The molecule has 0 amide bonds. The minimum Gasteiger partial charge on any atom is -0.387 e. The van der Waals surface area contributed by atoms with E-state index in [2.05, 4.69) is 6.92 Å². The normalized spacial score (nSPS) is 24.4.